The summed E-state index contributed by atoms with van der Waals surface area (Å²) >= 11 is 0. The standard InChI is InChI=1S/C16H16O5/c1-9(17)16(2,10-3-6-13(19)15(21)7-10)12-5-4-11(18)8-14(12)20/h3-8,18-21H,1-2H3. The number of carbonyl (C=O) groups excluding carboxylic acids is 1. The van der Waals surface area contributed by atoms with Crippen LogP contribution < -0.4 is 0 Å². The van der Waals surface area contributed by atoms with E-state index in [9.17, 15) is 25.2 Å². The molecule has 110 valence electrons. The van der Waals surface area contributed by atoms with Gasteiger partial charge in [0, 0.05) is 11.6 Å². The first kappa shape index (κ1) is 14.7. The average Bonchev–Trinajstić information content (AvgIpc) is 2.40. The molecule has 0 radical (unpaired) electrons. The quantitative estimate of drug-likeness (QED) is 0.650. The topological polar surface area (TPSA) is 98.0 Å². The number of phenols is 4. The molecule has 0 spiro atoms. The minimum absolute atomic E-state index is 0.115. The molecule has 1 atom stereocenters. The van der Waals surface area contributed by atoms with Gasteiger partial charge in [0.2, 0.25) is 0 Å². The van der Waals surface area contributed by atoms with Crippen molar-refractivity contribution in [2.75, 3.05) is 0 Å². The van der Waals surface area contributed by atoms with Crippen molar-refractivity contribution in [1.82, 2.24) is 0 Å². The van der Waals surface area contributed by atoms with Gasteiger partial charge in [-0.1, -0.05) is 12.1 Å². The van der Waals surface area contributed by atoms with Gasteiger partial charge < -0.3 is 20.4 Å². The van der Waals surface area contributed by atoms with E-state index in [2.05, 4.69) is 0 Å². The lowest BCUT2D eigenvalue weighted by Gasteiger charge is -2.29. The highest BCUT2D eigenvalue weighted by molar-refractivity contribution is 5.92. The second-order valence-electron chi connectivity index (χ2n) is 5.09. The molecular weight excluding hydrogens is 272 g/mol. The van der Waals surface area contributed by atoms with Crippen LogP contribution in [0.2, 0.25) is 0 Å². The molecule has 0 fully saturated rings. The molecule has 5 heteroatoms. The fraction of sp³-hybridized carbons (Fsp3) is 0.188. The van der Waals surface area contributed by atoms with Crippen LogP contribution in [0.4, 0.5) is 0 Å². The smallest absolute Gasteiger partial charge is 0.157 e. The molecule has 0 saturated heterocycles. The summed E-state index contributed by atoms with van der Waals surface area (Å²) in [5.41, 5.74) is -0.493. The normalized spacial score (nSPS) is 13.6. The molecule has 0 bridgehead atoms. The van der Waals surface area contributed by atoms with Crippen molar-refractivity contribution in [3.8, 4) is 23.0 Å². The molecule has 21 heavy (non-hydrogen) atoms. The van der Waals surface area contributed by atoms with E-state index in [4.69, 9.17) is 0 Å². The highest BCUT2D eigenvalue weighted by Crippen LogP contribution is 2.41. The van der Waals surface area contributed by atoms with E-state index in [1.807, 2.05) is 0 Å². The van der Waals surface area contributed by atoms with Crippen molar-refractivity contribution in [3.63, 3.8) is 0 Å². The van der Waals surface area contributed by atoms with E-state index in [0.29, 0.717) is 11.1 Å². The summed E-state index contributed by atoms with van der Waals surface area (Å²) in [6.45, 7) is 2.98. The third kappa shape index (κ3) is 2.38. The Kier molecular flexibility index (Phi) is 3.51. The second-order valence-corrected chi connectivity index (χ2v) is 5.09. The fourth-order valence-corrected chi connectivity index (χ4v) is 2.33. The van der Waals surface area contributed by atoms with Crippen LogP contribution in [-0.4, -0.2) is 26.2 Å². The number of hydrogen-bond donors (Lipinski definition) is 4. The molecule has 0 aliphatic carbocycles. The lowest BCUT2D eigenvalue weighted by molar-refractivity contribution is -0.120. The lowest BCUT2D eigenvalue weighted by Crippen LogP contribution is -2.32. The molecule has 0 aliphatic heterocycles. The monoisotopic (exact) mass is 288 g/mol. The molecular formula is C16H16O5. The molecule has 5 nitrogen and oxygen atoms in total. The van der Waals surface area contributed by atoms with E-state index < -0.39 is 5.41 Å². The van der Waals surface area contributed by atoms with Crippen molar-refractivity contribution in [2.24, 2.45) is 0 Å². The number of carbonyl (C=O) groups is 1. The number of ketones is 1. The van der Waals surface area contributed by atoms with Gasteiger partial charge in [0.15, 0.2) is 11.5 Å². The number of phenolic OH excluding ortho intramolecular Hbond substituents is 4. The van der Waals surface area contributed by atoms with Crippen molar-refractivity contribution < 1.29 is 25.2 Å². The summed E-state index contributed by atoms with van der Waals surface area (Å²) in [4.78, 5) is 12.2. The van der Waals surface area contributed by atoms with Gasteiger partial charge >= 0.3 is 0 Å². The lowest BCUT2D eigenvalue weighted by atomic mass is 9.73. The van der Waals surface area contributed by atoms with Crippen molar-refractivity contribution in [1.29, 1.82) is 0 Å². The largest absolute Gasteiger partial charge is 0.508 e. The number of hydrogen-bond acceptors (Lipinski definition) is 5. The Hall–Kier alpha value is -2.69. The molecule has 4 N–H and O–H groups in total. The summed E-state index contributed by atoms with van der Waals surface area (Å²) in [6, 6.07) is 8.04. The number of benzene rings is 2. The molecule has 0 heterocycles. The van der Waals surface area contributed by atoms with E-state index >= 15 is 0 Å². The minimum atomic E-state index is -1.22. The second kappa shape index (κ2) is 5.01. The molecule has 2 aromatic carbocycles. The van der Waals surface area contributed by atoms with Crippen LogP contribution in [0.3, 0.4) is 0 Å². The van der Waals surface area contributed by atoms with Crippen molar-refractivity contribution in [3.05, 3.63) is 47.5 Å². The van der Waals surface area contributed by atoms with Gasteiger partial charge in [0.05, 0.1) is 5.41 Å². The van der Waals surface area contributed by atoms with Crippen LogP contribution >= 0.6 is 0 Å². The zero-order valence-corrected chi connectivity index (χ0v) is 11.7. The SMILES string of the molecule is CC(=O)C(C)(c1ccc(O)c(O)c1)c1ccc(O)cc1O. The fourth-order valence-electron chi connectivity index (χ4n) is 2.33. The first-order valence-corrected chi connectivity index (χ1v) is 6.32. The third-order valence-electron chi connectivity index (χ3n) is 3.78. The summed E-state index contributed by atoms with van der Waals surface area (Å²) in [5.74, 6) is -1.23. The van der Waals surface area contributed by atoms with Gasteiger partial charge in [0.1, 0.15) is 17.3 Å². The Morgan fingerprint density at radius 3 is 2.10 bits per heavy atom. The van der Waals surface area contributed by atoms with Gasteiger partial charge in [-0.25, -0.2) is 0 Å². The Morgan fingerprint density at radius 1 is 0.905 bits per heavy atom. The van der Waals surface area contributed by atoms with Crippen LogP contribution in [0.25, 0.3) is 0 Å². The van der Waals surface area contributed by atoms with E-state index in [1.165, 1.54) is 37.3 Å². The average molecular weight is 288 g/mol. The van der Waals surface area contributed by atoms with E-state index in [-0.39, 0.29) is 28.8 Å². The molecule has 2 rings (SSSR count). The van der Waals surface area contributed by atoms with E-state index in [1.54, 1.807) is 6.92 Å². The van der Waals surface area contributed by atoms with Crippen molar-refractivity contribution in [2.45, 2.75) is 19.3 Å². The molecule has 1 unspecified atom stereocenters. The van der Waals surface area contributed by atoms with Gasteiger partial charge in [0.25, 0.3) is 0 Å². The van der Waals surface area contributed by atoms with Crippen LogP contribution in [0, 0.1) is 0 Å². The number of Topliss-reactive ketones (excluding diaryl/α,β-unsaturated/α-hetero) is 1. The maximum absolute atomic E-state index is 12.2. The Bertz CT molecular complexity index is 708. The van der Waals surface area contributed by atoms with Gasteiger partial charge in [-0.2, -0.15) is 0 Å². The molecule has 0 saturated carbocycles. The highest BCUT2D eigenvalue weighted by atomic mass is 16.3. The summed E-state index contributed by atoms with van der Waals surface area (Å²) in [7, 11) is 0. The zero-order valence-electron chi connectivity index (χ0n) is 11.7. The van der Waals surface area contributed by atoms with Crippen molar-refractivity contribution >= 4 is 5.78 Å². The summed E-state index contributed by atoms with van der Waals surface area (Å²) < 4.78 is 0. The predicted molar refractivity (Wildman–Crippen MR) is 76.7 cm³/mol. The van der Waals surface area contributed by atoms with Gasteiger partial charge in [-0.05, 0) is 37.6 Å². The molecule has 0 amide bonds. The zero-order chi connectivity index (χ0) is 15.8. The van der Waals surface area contributed by atoms with Crippen LogP contribution in [0.15, 0.2) is 36.4 Å². The van der Waals surface area contributed by atoms with E-state index in [0.717, 1.165) is 6.07 Å². The highest BCUT2D eigenvalue weighted by Gasteiger charge is 2.37. The van der Waals surface area contributed by atoms with Crippen LogP contribution in [0.1, 0.15) is 25.0 Å². The third-order valence-corrected chi connectivity index (χ3v) is 3.78. The van der Waals surface area contributed by atoms with Gasteiger partial charge in [-0.3, -0.25) is 4.79 Å². The number of rotatable bonds is 3. The minimum Gasteiger partial charge on any atom is -0.508 e. The summed E-state index contributed by atoms with van der Waals surface area (Å²) in [5, 5.41) is 38.4. The summed E-state index contributed by atoms with van der Waals surface area (Å²) in [6.07, 6.45) is 0. The Labute approximate surface area is 121 Å². The molecule has 0 aromatic heterocycles. The van der Waals surface area contributed by atoms with Gasteiger partial charge in [-0.15, -0.1) is 0 Å². The molecule has 0 aliphatic rings. The first-order valence-electron chi connectivity index (χ1n) is 6.32. The molecule has 2 aromatic rings. The first-order chi connectivity index (χ1) is 9.76. The Balaban J connectivity index is 2.70. The maximum atomic E-state index is 12.2. The van der Waals surface area contributed by atoms with Crippen LogP contribution in [0.5, 0.6) is 23.0 Å². The van der Waals surface area contributed by atoms with Crippen LogP contribution in [-0.2, 0) is 10.2 Å². The maximum Gasteiger partial charge on any atom is 0.157 e. The Morgan fingerprint density at radius 2 is 1.57 bits per heavy atom. The predicted octanol–water partition coefficient (Wildman–Crippen LogP) is 2.40. The number of aromatic hydroxyl groups is 4.